The van der Waals surface area contributed by atoms with Crippen LogP contribution in [0.1, 0.15) is 43.4 Å². The molecule has 2 aromatic heterocycles. The van der Waals surface area contributed by atoms with Crippen LogP contribution in [-0.2, 0) is 13.0 Å². The van der Waals surface area contributed by atoms with Crippen LogP contribution in [0.25, 0.3) is 5.78 Å². The Labute approximate surface area is 149 Å². The van der Waals surface area contributed by atoms with Crippen LogP contribution in [0.3, 0.4) is 0 Å². The molecule has 4 rings (SSSR count). The van der Waals surface area contributed by atoms with Crippen molar-refractivity contribution in [2.75, 3.05) is 12.8 Å². The van der Waals surface area contributed by atoms with Crippen LogP contribution in [0.15, 0.2) is 9.95 Å². The Balaban J connectivity index is 1.55. The van der Waals surface area contributed by atoms with E-state index in [1.807, 2.05) is 6.26 Å². The van der Waals surface area contributed by atoms with Crippen LogP contribution in [0, 0.1) is 0 Å². The van der Waals surface area contributed by atoms with E-state index in [0.29, 0.717) is 36.0 Å². The average molecular weight is 362 g/mol. The van der Waals surface area contributed by atoms with Crippen LogP contribution >= 0.6 is 11.8 Å². The van der Waals surface area contributed by atoms with Gasteiger partial charge < -0.3 is 10.2 Å². The van der Waals surface area contributed by atoms with Crippen molar-refractivity contribution in [3.05, 3.63) is 21.6 Å². The van der Waals surface area contributed by atoms with E-state index in [-0.39, 0.29) is 17.6 Å². The number of aromatic amines is 1. The highest BCUT2D eigenvalue weighted by molar-refractivity contribution is 7.98. The number of aromatic nitrogens is 4. The summed E-state index contributed by atoms with van der Waals surface area (Å²) in [6.07, 6.45) is 8.17. The zero-order valence-corrected chi connectivity index (χ0v) is 15.1. The maximum absolute atomic E-state index is 12.7. The van der Waals surface area contributed by atoms with E-state index >= 15 is 0 Å². The van der Waals surface area contributed by atoms with Gasteiger partial charge in [-0.25, -0.2) is 9.78 Å². The maximum atomic E-state index is 12.7. The lowest BCUT2D eigenvalue weighted by molar-refractivity contribution is 0.184. The Morgan fingerprint density at radius 1 is 1.28 bits per heavy atom. The Hall–Kier alpha value is -2.03. The molecule has 2 N–H and O–H groups in total. The van der Waals surface area contributed by atoms with Gasteiger partial charge in [0, 0.05) is 19.0 Å². The van der Waals surface area contributed by atoms with Crippen LogP contribution < -0.4 is 10.9 Å². The van der Waals surface area contributed by atoms with Crippen molar-refractivity contribution < 1.29 is 4.79 Å². The lowest BCUT2D eigenvalue weighted by Crippen LogP contribution is -2.48. The maximum Gasteiger partial charge on any atom is 0.317 e. The fraction of sp³-hybridized carbons (Fsp3) is 0.625. The number of thioether (sulfide) groups is 1. The molecular weight excluding hydrogens is 340 g/mol. The molecule has 1 aliphatic carbocycles. The summed E-state index contributed by atoms with van der Waals surface area (Å²) >= 11 is 1.43. The zero-order valence-electron chi connectivity index (χ0n) is 14.2. The highest BCUT2D eigenvalue weighted by Crippen LogP contribution is 2.19. The number of hydrogen-bond acceptors (Lipinski definition) is 5. The molecule has 1 saturated carbocycles. The van der Waals surface area contributed by atoms with Crippen LogP contribution in [-0.4, -0.2) is 49.4 Å². The molecule has 2 amide bonds. The van der Waals surface area contributed by atoms with E-state index in [9.17, 15) is 9.59 Å². The molecule has 0 bridgehead atoms. The van der Waals surface area contributed by atoms with Gasteiger partial charge in [0.2, 0.25) is 0 Å². The Bertz CT molecular complexity index is 854. The molecule has 0 aromatic carbocycles. The van der Waals surface area contributed by atoms with Crippen molar-refractivity contribution in [2.45, 2.75) is 56.3 Å². The molecule has 0 saturated heterocycles. The molecule has 9 heteroatoms. The van der Waals surface area contributed by atoms with Crippen LogP contribution in [0.4, 0.5) is 4.79 Å². The first-order chi connectivity index (χ1) is 12.2. The van der Waals surface area contributed by atoms with E-state index in [1.54, 1.807) is 4.90 Å². The third kappa shape index (κ3) is 3.12. The van der Waals surface area contributed by atoms with Crippen LogP contribution in [0.5, 0.6) is 0 Å². The van der Waals surface area contributed by atoms with E-state index in [2.05, 4.69) is 20.4 Å². The Morgan fingerprint density at radius 3 is 2.84 bits per heavy atom. The number of rotatable bonds is 2. The number of H-pyrrole nitrogens is 1. The lowest BCUT2D eigenvalue weighted by atomic mass is 9.96. The van der Waals surface area contributed by atoms with Crippen molar-refractivity contribution in [3.63, 3.8) is 0 Å². The second kappa shape index (κ2) is 6.70. The van der Waals surface area contributed by atoms with Gasteiger partial charge >= 0.3 is 6.03 Å². The quantitative estimate of drug-likeness (QED) is 0.790. The standard InChI is InChI=1S/C16H22N6O2S/c1-25-15-19-14-18-12-7-8-21(9-11(12)13(23)22(14)20-15)16(24)17-10-5-3-2-4-6-10/h10H,2-9H2,1H3,(H,17,24)(H,18,19,20). The van der Waals surface area contributed by atoms with E-state index in [1.165, 1.54) is 35.5 Å². The molecule has 0 atom stereocenters. The molecule has 3 heterocycles. The number of nitrogens with one attached hydrogen (secondary N) is 2. The Kier molecular flexibility index (Phi) is 4.41. The topological polar surface area (TPSA) is 95.4 Å². The van der Waals surface area contributed by atoms with Crippen molar-refractivity contribution in [3.8, 4) is 0 Å². The summed E-state index contributed by atoms with van der Waals surface area (Å²) < 4.78 is 1.37. The monoisotopic (exact) mass is 362 g/mol. The van der Waals surface area contributed by atoms with Crippen LogP contribution in [0.2, 0.25) is 0 Å². The molecule has 2 aromatic rings. The highest BCUT2D eigenvalue weighted by Gasteiger charge is 2.27. The first-order valence-corrected chi connectivity index (χ1v) is 9.98. The summed E-state index contributed by atoms with van der Waals surface area (Å²) in [6.45, 7) is 0.879. The van der Waals surface area contributed by atoms with Gasteiger partial charge in [0.15, 0.2) is 5.16 Å². The van der Waals surface area contributed by atoms with Gasteiger partial charge in [-0.1, -0.05) is 31.0 Å². The van der Waals surface area contributed by atoms with Gasteiger partial charge in [-0.3, -0.25) is 9.89 Å². The number of hydrogen-bond donors (Lipinski definition) is 2. The second-order valence-corrected chi connectivity index (χ2v) is 7.46. The molecule has 0 radical (unpaired) electrons. The summed E-state index contributed by atoms with van der Waals surface area (Å²) in [7, 11) is 0. The molecule has 25 heavy (non-hydrogen) atoms. The van der Waals surface area contributed by atoms with Crippen molar-refractivity contribution in [2.24, 2.45) is 0 Å². The third-order valence-corrected chi connectivity index (χ3v) is 5.60. The summed E-state index contributed by atoms with van der Waals surface area (Å²) in [4.78, 5) is 35.8. The van der Waals surface area contributed by atoms with E-state index in [0.717, 1.165) is 18.5 Å². The predicted molar refractivity (Wildman–Crippen MR) is 94.9 cm³/mol. The molecular formula is C16H22N6O2S. The summed E-state index contributed by atoms with van der Waals surface area (Å²) in [5, 5.41) is 6.72. The van der Waals surface area contributed by atoms with Gasteiger partial charge in [0.25, 0.3) is 11.3 Å². The molecule has 0 spiro atoms. The summed E-state index contributed by atoms with van der Waals surface area (Å²) in [5.41, 5.74) is 1.17. The number of urea groups is 1. The fourth-order valence-electron chi connectivity index (χ4n) is 3.63. The Morgan fingerprint density at radius 2 is 2.08 bits per heavy atom. The van der Waals surface area contributed by atoms with Crippen molar-refractivity contribution >= 4 is 23.6 Å². The largest absolute Gasteiger partial charge is 0.335 e. The fourth-order valence-corrected chi connectivity index (χ4v) is 3.98. The molecule has 134 valence electrons. The molecule has 0 unspecified atom stereocenters. The SMILES string of the molecule is CSc1nc2nc3c(c(=O)n2[nH]1)CN(C(=O)NC1CCCCC1)CC3. The lowest BCUT2D eigenvalue weighted by Gasteiger charge is -2.31. The van der Waals surface area contributed by atoms with E-state index < -0.39 is 0 Å². The normalized spacial score (nSPS) is 18.4. The van der Waals surface area contributed by atoms with Crippen molar-refractivity contribution in [1.29, 1.82) is 0 Å². The molecule has 2 aliphatic rings. The number of carbonyl (C=O) groups excluding carboxylic acids is 1. The highest BCUT2D eigenvalue weighted by atomic mass is 32.2. The van der Waals surface area contributed by atoms with Gasteiger partial charge in [0.1, 0.15) is 0 Å². The average Bonchev–Trinajstić information content (AvgIpc) is 3.06. The molecule has 1 aliphatic heterocycles. The zero-order chi connectivity index (χ0) is 17.4. The predicted octanol–water partition coefficient (Wildman–Crippen LogP) is 1.54. The molecule has 1 fully saturated rings. The van der Waals surface area contributed by atoms with Gasteiger partial charge in [-0.05, 0) is 19.1 Å². The summed E-state index contributed by atoms with van der Waals surface area (Å²) in [6, 6.07) is 0.192. The smallest absolute Gasteiger partial charge is 0.317 e. The number of amides is 2. The third-order valence-electron chi connectivity index (χ3n) is 5.03. The van der Waals surface area contributed by atoms with Crippen molar-refractivity contribution in [1.82, 2.24) is 29.8 Å². The molecule has 8 nitrogen and oxygen atoms in total. The minimum absolute atomic E-state index is 0.0727. The number of nitrogens with zero attached hydrogens (tertiary/aromatic N) is 4. The minimum Gasteiger partial charge on any atom is -0.335 e. The minimum atomic E-state index is -0.164. The van der Waals surface area contributed by atoms with Gasteiger partial charge in [-0.2, -0.15) is 9.50 Å². The first-order valence-electron chi connectivity index (χ1n) is 8.75. The van der Waals surface area contributed by atoms with Gasteiger partial charge in [-0.15, -0.1) is 0 Å². The summed E-state index contributed by atoms with van der Waals surface area (Å²) in [5.74, 6) is 0.396. The van der Waals surface area contributed by atoms with Gasteiger partial charge in [0.05, 0.1) is 17.8 Å². The number of carbonyl (C=O) groups is 1. The number of fused-ring (bicyclic) bond motifs is 2. The van der Waals surface area contributed by atoms with E-state index in [4.69, 9.17) is 0 Å². The second-order valence-electron chi connectivity index (χ2n) is 6.67. The first kappa shape index (κ1) is 16.4.